The van der Waals surface area contributed by atoms with E-state index in [4.69, 9.17) is 9.72 Å². The lowest BCUT2D eigenvalue weighted by molar-refractivity contribution is 0.0985. The molecule has 10 heteroatoms. The van der Waals surface area contributed by atoms with Crippen LogP contribution in [-0.4, -0.2) is 75.9 Å². The summed E-state index contributed by atoms with van der Waals surface area (Å²) in [4.78, 5) is 22.1. The Labute approximate surface area is 211 Å². The van der Waals surface area contributed by atoms with Crippen LogP contribution in [0.1, 0.15) is 30.1 Å². The predicted molar refractivity (Wildman–Crippen MR) is 140 cm³/mol. The van der Waals surface area contributed by atoms with Gasteiger partial charge in [-0.3, -0.25) is 9.69 Å². The van der Waals surface area contributed by atoms with E-state index in [1.165, 1.54) is 23.5 Å². The SMILES string of the molecule is COc1ccc2sc(N(CCN(C)C)C(=O)c3ccc(S(=O)(=O)N4CCC(C)CC4)cc3)nc2c1. The lowest BCUT2D eigenvalue weighted by Gasteiger charge is -2.29. The number of rotatable bonds is 8. The van der Waals surface area contributed by atoms with Crippen LogP contribution in [0.5, 0.6) is 5.75 Å². The maximum atomic E-state index is 13.5. The second kappa shape index (κ2) is 10.6. The smallest absolute Gasteiger partial charge is 0.260 e. The molecule has 1 aliphatic heterocycles. The van der Waals surface area contributed by atoms with Crippen LogP contribution in [0.4, 0.5) is 5.13 Å². The van der Waals surface area contributed by atoms with Crippen molar-refractivity contribution in [3.05, 3.63) is 48.0 Å². The van der Waals surface area contributed by atoms with Crippen LogP contribution in [-0.2, 0) is 10.0 Å². The molecule has 1 fully saturated rings. The molecule has 0 unspecified atom stereocenters. The first-order valence-electron chi connectivity index (χ1n) is 11.7. The number of anilines is 1. The maximum absolute atomic E-state index is 13.5. The van der Waals surface area contributed by atoms with E-state index in [0.29, 0.717) is 48.5 Å². The van der Waals surface area contributed by atoms with Gasteiger partial charge in [0, 0.05) is 37.8 Å². The zero-order valence-electron chi connectivity index (χ0n) is 20.6. The summed E-state index contributed by atoms with van der Waals surface area (Å²) in [7, 11) is 1.94. The quantitative estimate of drug-likeness (QED) is 0.451. The predicted octanol–water partition coefficient (Wildman–Crippen LogP) is 3.93. The van der Waals surface area contributed by atoms with Crippen molar-refractivity contribution in [1.29, 1.82) is 0 Å². The van der Waals surface area contributed by atoms with Gasteiger partial charge in [-0.25, -0.2) is 13.4 Å². The van der Waals surface area contributed by atoms with Gasteiger partial charge in [-0.2, -0.15) is 4.31 Å². The molecule has 0 bridgehead atoms. The Balaban J connectivity index is 1.60. The second-order valence-electron chi connectivity index (χ2n) is 9.20. The van der Waals surface area contributed by atoms with Crippen LogP contribution < -0.4 is 9.64 Å². The number of carbonyl (C=O) groups is 1. The van der Waals surface area contributed by atoms with Crippen molar-refractivity contribution in [2.75, 3.05) is 52.3 Å². The fourth-order valence-corrected chi connectivity index (χ4v) is 6.46. The third-order valence-electron chi connectivity index (χ3n) is 6.31. The van der Waals surface area contributed by atoms with Crippen molar-refractivity contribution in [2.45, 2.75) is 24.7 Å². The van der Waals surface area contributed by atoms with E-state index >= 15 is 0 Å². The van der Waals surface area contributed by atoms with Crippen molar-refractivity contribution in [3.63, 3.8) is 0 Å². The highest BCUT2D eigenvalue weighted by Gasteiger charge is 2.29. The summed E-state index contributed by atoms with van der Waals surface area (Å²) in [5.74, 6) is 1.03. The molecule has 4 rings (SSSR count). The largest absolute Gasteiger partial charge is 0.497 e. The third kappa shape index (κ3) is 5.66. The van der Waals surface area contributed by atoms with E-state index in [2.05, 4.69) is 6.92 Å². The Morgan fingerprint density at radius 1 is 1.11 bits per heavy atom. The minimum absolute atomic E-state index is 0.214. The highest BCUT2D eigenvalue weighted by atomic mass is 32.2. The van der Waals surface area contributed by atoms with E-state index in [9.17, 15) is 13.2 Å². The average Bonchev–Trinajstić information content (AvgIpc) is 3.27. The number of hydrogen-bond acceptors (Lipinski definition) is 7. The molecule has 0 aliphatic carbocycles. The number of piperidine rings is 1. The molecule has 1 aliphatic rings. The maximum Gasteiger partial charge on any atom is 0.260 e. The zero-order valence-corrected chi connectivity index (χ0v) is 22.2. The molecule has 1 aromatic heterocycles. The molecule has 2 heterocycles. The van der Waals surface area contributed by atoms with E-state index in [-0.39, 0.29) is 10.8 Å². The molecular formula is C25H32N4O4S2. The number of carbonyl (C=O) groups excluding carboxylic acids is 1. The van der Waals surface area contributed by atoms with Crippen molar-refractivity contribution in [1.82, 2.24) is 14.2 Å². The molecule has 8 nitrogen and oxygen atoms in total. The number of methoxy groups -OCH3 is 1. The minimum Gasteiger partial charge on any atom is -0.497 e. The van der Waals surface area contributed by atoms with Gasteiger partial charge in [-0.1, -0.05) is 18.3 Å². The summed E-state index contributed by atoms with van der Waals surface area (Å²) in [5.41, 5.74) is 1.19. The highest BCUT2D eigenvalue weighted by Crippen LogP contribution is 2.32. The van der Waals surface area contributed by atoms with Crippen molar-refractivity contribution in [2.24, 2.45) is 5.92 Å². The van der Waals surface area contributed by atoms with E-state index < -0.39 is 10.0 Å². The lowest BCUT2D eigenvalue weighted by Crippen LogP contribution is -2.38. The van der Waals surface area contributed by atoms with Gasteiger partial charge in [0.1, 0.15) is 5.75 Å². The zero-order chi connectivity index (χ0) is 25.2. The molecular weight excluding hydrogens is 484 g/mol. The van der Waals surface area contributed by atoms with Crippen LogP contribution in [0, 0.1) is 5.92 Å². The standard InChI is InChI=1S/C25H32N4O4S2/c1-18-11-13-28(14-12-18)35(31,32)21-8-5-19(6-9-21)24(30)29(16-15-27(2)3)25-26-22-17-20(33-4)7-10-23(22)34-25/h5-10,17-18H,11-16H2,1-4H3. The molecule has 2 aromatic carbocycles. The molecule has 188 valence electrons. The molecule has 0 spiro atoms. The van der Waals surface area contributed by atoms with E-state index in [1.807, 2.05) is 37.2 Å². The topological polar surface area (TPSA) is 83.0 Å². The van der Waals surface area contributed by atoms with Gasteiger partial charge < -0.3 is 9.64 Å². The van der Waals surface area contributed by atoms with E-state index in [0.717, 1.165) is 23.1 Å². The number of sulfonamides is 1. The first-order chi connectivity index (χ1) is 16.7. The number of amides is 1. The van der Waals surface area contributed by atoms with Crippen LogP contribution >= 0.6 is 11.3 Å². The second-order valence-corrected chi connectivity index (χ2v) is 12.1. The van der Waals surface area contributed by atoms with Crippen LogP contribution in [0.2, 0.25) is 0 Å². The number of likely N-dealkylation sites (N-methyl/N-ethyl adjacent to an activating group) is 1. The number of benzene rings is 2. The number of aromatic nitrogens is 1. The molecule has 1 amide bonds. The molecule has 0 radical (unpaired) electrons. The molecule has 0 N–H and O–H groups in total. The van der Waals surface area contributed by atoms with Crippen LogP contribution in [0.15, 0.2) is 47.4 Å². The van der Waals surface area contributed by atoms with E-state index in [1.54, 1.807) is 28.4 Å². The summed E-state index contributed by atoms with van der Waals surface area (Å²) >= 11 is 1.44. The number of ether oxygens (including phenoxy) is 1. The summed E-state index contributed by atoms with van der Waals surface area (Å²) in [5, 5.41) is 0.597. The van der Waals surface area contributed by atoms with Crippen molar-refractivity contribution < 1.29 is 17.9 Å². The molecule has 1 saturated heterocycles. The van der Waals surface area contributed by atoms with Gasteiger partial charge in [0.15, 0.2) is 5.13 Å². The number of fused-ring (bicyclic) bond motifs is 1. The molecule has 35 heavy (non-hydrogen) atoms. The fraction of sp³-hybridized carbons (Fsp3) is 0.440. The lowest BCUT2D eigenvalue weighted by atomic mass is 10.0. The molecule has 0 saturated carbocycles. The summed E-state index contributed by atoms with van der Waals surface area (Å²) in [6, 6.07) is 11.9. The first-order valence-corrected chi connectivity index (χ1v) is 14.0. The number of hydrogen-bond donors (Lipinski definition) is 0. The Kier molecular flexibility index (Phi) is 7.75. The Morgan fingerprint density at radius 3 is 2.43 bits per heavy atom. The van der Waals surface area contributed by atoms with Crippen molar-refractivity contribution in [3.8, 4) is 5.75 Å². The number of thiazole rings is 1. The van der Waals surface area contributed by atoms with Crippen molar-refractivity contribution >= 4 is 42.6 Å². The minimum atomic E-state index is -3.57. The summed E-state index contributed by atoms with van der Waals surface area (Å²) in [6.07, 6.45) is 1.73. The highest BCUT2D eigenvalue weighted by molar-refractivity contribution is 7.89. The molecule has 3 aromatic rings. The Hall–Kier alpha value is -2.53. The number of nitrogens with zero attached hydrogens (tertiary/aromatic N) is 4. The normalized spacial score (nSPS) is 15.6. The van der Waals surface area contributed by atoms with Crippen LogP contribution in [0.25, 0.3) is 10.2 Å². The average molecular weight is 517 g/mol. The fourth-order valence-electron chi connectivity index (χ4n) is 4.02. The van der Waals surface area contributed by atoms with Gasteiger partial charge in [0.05, 0.1) is 22.2 Å². The summed E-state index contributed by atoms with van der Waals surface area (Å²) in [6.45, 7) is 4.32. The Morgan fingerprint density at radius 2 is 1.80 bits per heavy atom. The monoisotopic (exact) mass is 516 g/mol. The van der Waals surface area contributed by atoms with Crippen LogP contribution in [0.3, 0.4) is 0 Å². The first kappa shape index (κ1) is 25.6. The third-order valence-corrected chi connectivity index (χ3v) is 9.28. The van der Waals surface area contributed by atoms with Gasteiger partial charge in [-0.05, 0) is 69.3 Å². The molecule has 0 atom stereocenters. The van der Waals surface area contributed by atoms with Gasteiger partial charge in [0.25, 0.3) is 5.91 Å². The van der Waals surface area contributed by atoms with Gasteiger partial charge in [0.2, 0.25) is 10.0 Å². The summed E-state index contributed by atoms with van der Waals surface area (Å²) < 4.78 is 33.9. The van der Waals surface area contributed by atoms with Gasteiger partial charge >= 0.3 is 0 Å². The van der Waals surface area contributed by atoms with Gasteiger partial charge in [-0.15, -0.1) is 0 Å². The Bertz CT molecular complexity index is 1280.